The zero-order valence-corrected chi connectivity index (χ0v) is 22.1. The minimum atomic E-state index is -4.76. The van der Waals surface area contributed by atoms with Gasteiger partial charge in [0.2, 0.25) is 0 Å². The van der Waals surface area contributed by atoms with Crippen LogP contribution in [0.25, 0.3) is 0 Å². The van der Waals surface area contributed by atoms with Gasteiger partial charge in [-0.2, -0.15) is 26.3 Å². The predicted molar refractivity (Wildman–Crippen MR) is 137 cm³/mol. The van der Waals surface area contributed by atoms with Crippen molar-refractivity contribution < 1.29 is 45.4 Å². The summed E-state index contributed by atoms with van der Waals surface area (Å²) in [6.45, 7) is 4.57. The largest absolute Gasteiger partial charge is 0.493 e. The van der Waals surface area contributed by atoms with E-state index >= 15 is 0 Å². The molecule has 2 amide bonds. The number of halogens is 7. The fourth-order valence-corrected chi connectivity index (χ4v) is 3.91. The van der Waals surface area contributed by atoms with Gasteiger partial charge < -0.3 is 20.1 Å². The van der Waals surface area contributed by atoms with Gasteiger partial charge in [0.15, 0.2) is 0 Å². The molecule has 0 spiro atoms. The number of amides is 2. The van der Waals surface area contributed by atoms with Gasteiger partial charge in [-0.1, -0.05) is 17.7 Å². The quantitative estimate of drug-likeness (QED) is 0.262. The molecule has 0 bridgehead atoms. The number of anilines is 2. The third kappa shape index (κ3) is 7.17. The Bertz CT molecular complexity index is 1320. The molecule has 6 nitrogen and oxygen atoms in total. The summed E-state index contributed by atoms with van der Waals surface area (Å²) in [7, 11) is 0. The topological polar surface area (TPSA) is 76.7 Å². The molecular weight excluding hydrogens is 566 g/mol. The third-order valence-electron chi connectivity index (χ3n) is 5.50. The minimum Gasteiger partial charge on any atom is -0.493 e. The molecule has 0 atom stereocenters. The molecule has 214 valence electrons. The van der Waals surface area contributed by atoms with E-state index in [1.807, 2.05) is 0 Å². The predicted octanol–water partition coefficient (Wildman–Crippen LogP) is 7.99. The molecule has 0 fully saturated rings. The highest BCUT2D eigenvalue weighted by atomic mass is 35.5. The summed E-state index contributed by atoms with van der Waals surface area (Å²) >= 11 is 5.64. The average molecular weight is 589 g/mol. The zero-order chi connectivity index (χ0) is 29.8. The van der Waals surface area contributed by atoms with E-state index < -0.39 is 40.3 Å². The maximum absolute atomic E-state index is 13.3. The number of ether oxygens (including phenoxy) is 2. The average Bonchev–Trinajstić information content (AvgIpc) is 2.85. The number of aryl methyl sites for hydroxylation is 1. The molecule has 3 rings (SSSR count). The summed E-state index contributed by atoms with van der Waals surface area (Å²) in [5.41, 5.74) is -2.76. The van der Waals surface area contributed by atoms with Gasteiger partial charge >= 0.3 is 12.4 Å². The second kappa shape index (κ2) is 12.1. The van der Waals surface area contributed by atoms with Crippen LogP contribution in [-0.4, -0.2) is 25.0 Å². The molecule has 0 saturated carbocycles. The Labute approximate surface area is 230 Å². The highest BCUT2D eigenvalue weighted by Gasteiger charge is 2.34. The summed E-state index contributed by atoms with van der Waals surface area (Å²) in [5, 5.41) is 4.18. The van der Waals surface area contributed by atoms with E-state index in [0.29, 0.717) is 6.07 Å². The van der Waals surface area contributed by atoms with Crippen molar-refractivity contribution in [1.82, 2.24) is 0 Å². The van der Waals surface area contributed by atoms with Crippen molar-refractivity contribution in [3.63, 3.8) is 0 Å². The number of hydrogen-bond donors (Lipinski definition) is 2. The van der Waals surface area contributed by atoms with Crippen LogP contribution in [0.15, 0.2) is 48.5 Å². The van der Waals surface area contributed by atoms with Crippen LogP contribution in [-0.2, 0) is 12.4 Å². The van der Waals surface area contributed by atoms with Gasteiger partial charge in [-0.15, -0.1) is 0 Å². The van der Waals surface area contributed by atoms with E-state index in [9.17, 15) is 35.9 Å². The van der Waals surface area contributed by atoms with Crippen LogP contribution in [0, 0.1) is 6.92 Å². The smallest absolute Gasteiger partial charge is 0.417 e. The maximum atomic E-state index is 13.3. The summed E-state index contributed by atoms with van der Waals surface area (Å²) < 4.78 is 90.7. The van der Waals surface area contributed by atoms with Gasteiger partial charge in [0.1, 0.15) is 11.5 Å². The van der Waals surface area contributed by atoms with Crippen LogP contribution in [0.1, 0.15) is 51.3 Å². The molecular formula is C27H23ClF6N2O4. The lowest BCUT2D eigenvalue weighted by Crippen LogP contribution is -2.18. The number of alkyl halides is 6. The number of rotatable bonds is 8. The summed E-state index contributed by atoms with van der Waals surface area (Å²) in [5.74, 6) is -1.94. The van der Waals surface area contributed by atoms with Crippen molar-refractivity contribution in [2.45, 2.75) is 33.1 Å². The fraction of sp³-hybridized carbons (Fsp3) is 0.259. The first-order valence-electron chi connectivity index (χ1n) is 11.8. The van der Waals surface area contributed by atoms with Gasteiger partial charge in [-0.05, 0) is 68.8 Å². The maximum Gasteiger partial charge on any atom is 0.417 e. The summed E-state index contributed by atoms with van der Waals surface area (Å²) in [4.78, 5) is 26.2. The van der Waals surface area contributed by atoms with Crippen molar-refractivity contribution in [1.29, 1.82) is 0 Å². The van der Waals surface area contributed by atoms with Crippen molar-refractivity contribution in [3.8, 4) is 11.5 Å². The third-order valence-corrected chi connectivity index (χ3v) is 5.83. The fourth-order valence-electron chi connectivity index (χ4n) is 3.69. The first kappa shape index (κ1) is 30.6. The number of hydrogen-bond acceptors (Lipinski definition) is 4. The zero-order valence-electron chi connectivity index (χ0n) is 21.3. The van der Waals surface area contributed by atoms with Gasteiger partial charge in [0.25, 0.3) is 11.8 Å². The molecule has 0 radical (unpaired) electrons. The SMILES string of the molecule is CCOc1cc(C(=O)Nc2ccc(Cl)c(C(F)(F)F)c2)c(OCC)cc1C(=O)Nc1ccc(C)c(C(F)(F)F)c1. The Balaban J connectivity index is 1.99. The van der Waals surface area contributed by atoms with Crippen molar-refractivity contribution in [2.75, 3.05) is 23.8 Å². The van der Waals surface area contributed by atoms with Gasteiger partial charge in [0.05, 0.1) is 40.5 Å². The van der Waals surface area contributed by atoms with Crippen molar-refractivity contribution >= 4 is 34.8 Å². The van der Waals surface area contributed by atoms with Crippen LogP contribution in [0.2, 0.25) is 5.02 Å². The van der Waals surface area contributed by atoms with Crippen LogP contribution in [0.3, 0.4) is 0 Å². The van der Waals surface area contributed by atoms with Gasteiger partial charge in [0, 0.05) is 11.4 Å². The summed E-state index contributed by atoms with van der Waals surface area (Å²) in [6, 6.07) is 8.46. The molecule has 0 saturated heterocycles. The molecule has 0 aliphatic carbocycles. The van der Waals surface area contributed by atoms with E-state index in [2.05, 4.69) is 10.6 Å². The van der Waals surface area contributed by atoms with E-state index in [4.69, 9.17) is 21.1 Å². The Morgan fingerprint density at radius 3 is 1.57 bits per heavy atom. The molecule has 0 heterocycles. The first-order chi connectivity index (χ1) is 18.6. The second-order valence-corrected chi connectivity index (χ2v) is 8.75. The Hall–Kier alpha value is -3.93. The van der Waals surface area contributed by atoms with Crippen LogP contribution in [0.4, 0.5) is 37.7 Å². The molecule has 3 aromatic rings. The first-order valence-corrected chi connectivity index (χ1v) is 12.1. The normalized spacial score (nSPS) is 11.7. The molecule has 40 heavy (non-hydrogen) atoms. The molecule has 3 aromatic carbocycles. The Kier molecular flexibility index (Phi) is 9.24. The number of carbonyl (C=O) groups excluding carboxylic acids is 2. The molecule has 0 aliphatic rings. The number of benzene rings is 3. The van der Waals surface area contributed by atoms with Crippen molar-refractivity contribution in [3.05, 3.63) is 81.4 Å². The molecule has 13 heteroatoms. The lowest BCUT2D eigenvalue weighted by atomic mass is 10.1. The van der Waals surface area contributed by atoms with E-state index in [-0.39, 0.29) is 52.8 Å². The lowest BCUT2D eigenvalue weighted by Gasteiger charge is -2.18. The molecule has 0 aliphatic heterocycles. The standard InChI is InChI=1S/C27H23ClF6N2O4/c1-4-39-22-13-18(25(38)36-16-8-9-21(28)20(11-16)27(32,33)34)23(40-5-2)12-17(22)24(37)35-15-7-6-14(3)19(10-15)26(29,30)31/h6-13H,4-5H2,1-3H3,(H,35,37)(H,36,38). The van der Waals surface area contributed by atoms with Gasteiger partial charge in [-0.25, -0.2) is 0 Å². The van der Waals surface area contributed by atoms with Gasteiger partial charge in [-0.3, -0.25) is 9.59 Å². The van der Waals surface area contributed by atoms with E-state index in [1.54, 1.807) is 13.8 Å². The summed E-state index contributed by atoms with van der Waals surface area (Å²) in [6.07, 6.45) is -9.40. The minimum absolute atomic E-state index is 0.0301. The lowest BCUT2D eigenvalue weighted by molar-refractivity contribution is -0.138. The molecule has 2 N–H and O–H groups in total. The number of nitrogens with one attached hydrogen (secondary N) is 2. The van der Waals surface area contributed by atoms with Crippen LogP contribution >= 0.6 is 11.6 Å². The monoisotopic (exact) mass is 588 g/mol. The molecule has 0 aromatic heterocycles. The highest BCUT2D eigenvalue weighted by molar-refractivity contribution is 6.31. The van der Waals surface area contributed by atoms with E-state index in [1.165, 1.54) is 31.2 Å². The van der Waals surface area contributed by atoms with Crippen molar-refractivity contribution in [2.24, 2.45) is 0 Å². The van der Waals surface area contributed by atoms with E-state index in [0.717, 1.165) is 18.2 Å². The highest BCUT2D eigenvalue weighted by Crippen LogP contribution is 2.37. The molecule has 0 unspecified atom stereocenters. The van der Waals surface area contributed by atoms with Crippen LogP contribution in [0.5, 0.6) is 11.5 Å². The second-order valence-electron chi connectivity index (χ2n) is 8.34. The Morgan fingerprint density at radius 1 is 0.725 bits per heavy atom. The number of carbonyl (C=O) groups is 2. The Morgan fingerprint density at radius 2 is 1.15 bits per heavy atom. The van der Waals surface area contributed by atoms with Crippen LogP contribution < -0.4 is 20.1 Å².